The van der Waals surface area contributed by atoms with Crippen molar-refractivity contribution >= 4 is 12.6 Å². The first-order valence-electron chi connectivity index (χ1n) is 10.2. The summed E-state index contributed by atoms with van der Waals surface area (Å²) in [5.74, 6) is 2.58. The van der Waals surface area contributed by atoms with Crippen LogP contribution in [-0.2, 0) is 0 Å². The maximum absolute atomic E-state index is 3.69. The average molecular weight is 357 g/mol. The summed E-state index contributed by atoms with van der Waals surface area (Å²) in [5, 5.41) is 3.69. The second-order valence-electron chi connectivity index (χ2n) is 8.71. The van der Waals surface area contributed by atoms with Crippen molar-refractivity contribution < 1.29 is 0 Å². The fourth-order valence-electron chi connectivity index (χ4n) is 3.92. The van der Waals surface area contributed by atoms with E-state index in [1.54, 1.807) is 0 Å². The van der Waals surface area contributed by atoms with Gasteiger partial charge in [0.25, 0.3) is 0 Å². The van der Waals surface area contributed by atoms with Crippen LogP contribution in [0.15, 0.2) is 72.4 Å². The number of anilines is 1. The van der Waals surface area contributed by atoms with Crippen molar-refractivity contribution in [3.05, 3.63) is 72.4 Å². The Balaban J connectivity index is 1.71. The molecule has 0 fully saturated rings. The molecular formula is C25H32BN. The molecule has 2 atom stereocenters. The molecular weight excluding hydrogens is 325 g/mol. The second kappa shape index (κ2) is 7.88. The first-order chi connectivity index (χ1) is 12.8. The van der Waals surface area contributed by atoms with E-state index in [9.17, 15) is 0 Å². The van der Waals surface area contributed by atoms with Crippen molar-refractivity contribution in [2.45, 2.75) is 47.5 Å². The summed E-state index contributed by atoms with van der Waals surface area (Å²) >= 11 is 0. The summed E-state index contributed by atoms with van der Waals surface area (Å²) in [5.41, 5.74) is 5.57. The van der Waals surface area contributed by atoms with Gasteiger partial charge in [0.2, 0.25) is 0 Å². The summed E-state index contributed by atoms with van der Waals surface area (Å²) in [6, 6.07) is 15.1. The predicted octanol–water partition coefficient (Wildman–Crippen LogP) is 7.03. The van der Waals surface area contributed by atoms with E-state index in [0.717, 1.165) is 18.5 Å². The Bertz CT molecular complexity index is 817. The summed E-state index contributed by atoms with van der Waals surface area (Å²) in [7, 11) is 0. The first kappa shape index (κ1) is 19.7. The van der Waals surface area contributed by atoms with E-state index in [4.69, 9.17) is 0 Å². The van der Waals surface area contributed by atoms with Gasteiger partial charge in [-0.2, -0.15) is 0 Å². The van der Waals surface area contributed by atoms with Crippen LogP contribution in [-0.4, -0.2) is 6.91 Å². The molecule has 1 nitrogen and oxygen atoms in total. The van der Waals surface area contributed by atoms with Gasteiger partial charge in [-0.25, -0.2) is 0 Å². The SMILES string of the molecule is CC/C=C(/Nc1ccc(-c2bcccc2)cc1)C(C)CC1(C)C=CC1(C)C. The van der Waals surface area contributed by atoms with Gasteiger partial charge in [0.1, 0.15) is 0 Å². The standard InChI is InChI=1S/C25H32BN/c1-6-9-23(19(2)18-25(5)16-15-24(25,3)4)27-21-13-11-20(12-14-21)22-10-7-8-17-26-22/h7-17,19,27H,6,18H2,1-5H3/b23-9+. The Hall–Kier alpha value is -2.09. The van der Waals surface area contributed by atoms with Gasteiger partial charge in [0.05, 0.1) is 0 Å². The zero-order valence-corrected chi connectivity index (χ0v) is 17.4. The predicted molar refractivity (Wildman–Crippen MR) is 120 cm³/mol. The molecule has 1 aliphatic rings. The molecule has 0 saturated carbocycles. The monoisotopic (exact) mass is 357 g/mol. The Morgan fingerprint density at radius 2 is 1.81 bits per heavy atom. The third-order valence-electron chi connectivity index (χ3n) is 6.31. The molecule has 1 aromatic carbocycles. The summed E-state index contributed by atoms with van der Waals surface area (Å²) in [6.45, 7) is 13.8. The molecule has 1 aromatic heterocycles. The summed E-state index contributed by atoms with van der Waals surface area (Å²) in [4.78, 5) is 0. The van der Waals surface area contributed by atoms with E-state index in [-0.39, 0.29) is 10.8 Å². The van der Waals surface area contributed by atoms with Gasteiger partial charge in [0, 0.05) is 0 Å². The van der Waals surface area contributed by atoms with Gasteiger partial charge in [-0.15, -0.1) is 0 Å². The second-order valence-corrected chi connectivity index (χ2v) is 8.71. The first-order valence-corrected chi connectivity index (χ1v) is 10.2. The van der Waals surface area contributed by atoms with Gasteiger partial charge >= 0.3 is 165 Å². The maximum atomic E-state index is 3.69. The Kier molecular flexibility index (Phi) is 5.74. The van der Waals surface area contributed by atoms with Crippen LogP contribution >= 0.6 is 0 Å². The van der Waals surface area contributed by atoms with Crippen molar-refractivity contribution in [2.75, 3.05) is 5.32 Å². The molecule has 2 heteroatoms. The van der Waals surface area contributed by atoms with E-state index >= 15 is 0 Å². The van der Waals surface area contributed by atoms with Crippen LogP contribution in [0.5, 0.6) is 0 Å². The molecule has 0 saturated heterocycles. The van der Waals surface area contributed by atoms with Crippen LogP contribution in [0, 0.1) is 16.7 Å². The molecule has 2 aromatic rings. The minimum atomic E-state index is 0.276. The number of rotatable bonds is 7. The topological polar surface area (TPSA) is 12.0 Å². The molecule has 1 heterocycles. The average Bonchev–Trinajstić information content (AvgIpc) is 2.68. The van der Waals surface area contributed by atoms with Crippen LogP contribution in [0.3, 0.4) is 0 Å². The van der Waals surface area contributed by atoms with Crippen molar-refractivity contribution in [1.82, 2.24) is 0 Å². The minimum absolute atomic E-state index is 0.276. The summed E-state index contributed by atoms with van der Waals surface area (Å²) < 4.78 is 0. The van der Waals surface area contributed by atoms with E-state index in [0.29, 0.717) is 5.92 Å². The van der Waals surface area contributed by atoms with Gasteiger partial charge in [-0.1, -0.05) is 0 Å². The molecule has 140 valence electrons. The molecule has 0 amide bonds. The number of hydrogen-bond donors (Lipinski definition) is 1. The van der Waals surface area contributed by atoms with Gasteiger partial charge in [0.15, 0.2) is 0 Å². The zero-order chi connectivity index (χ0) is 19.5. The van der Waals surface area contributed by atoms with Gasteiger partial charge in [-0.05, 0) is 0 Å². The number of nitrogens with one attached hydrogen (secondary N) is 1. The summed E-state index contributed by atoms with van der Waals surface area (Å²) in [6.07, 6.45) is 9.29. The van der Waals surface area contributed by atoms with Crippen molar-refractivity contribution in [3.63, 3.8) is 0 Å². The molecule has 0 radical (unpaired) electrons. The van der Waals surface area contributed by atoms with Crippen molar-refractivity contribution in [3.8, 4) is 11.0 Å². The van der Waals surface area contributed by atoms with E-state index in [1.165, 1.54) is 16.7 Å². The Morgan fingerprint density at radius 3 is 2.33 bits per heavy atom. The van der Waals surface area contributed by atoms with Crippen LogP contribution in [0.2, 0.25) is 0 Å². The number of hydrogen-bond acceptors (Lipinski definition) is 1. The molecule has 0 aliphatic heterocycles. The molecule has 0 bridgehead atoms. The molecule has 3 rings (SSSR count). The number of allylic oxidation sites excluding steroid dienone is 4. The third-order valence-corrected chi connectivity index (χ3v) is 6.31. The van der Waals surface area contributed by atoms with Crippen LogP contribution in [0.1, 0.15) is 47.5 Å². The van der Waals surface area contributed by atoms with E-state index < -0.39 is 0 Å². The Morgan fingerprint density at radius 1 is 1.07 bits per heavy atom. The number of benzene rings is 1. The van der Waals surface area contributed by atoms with E-state index in [2.05, 4.69) is 114 Å². The molecule has 27 heavy (non-hydrogen) atoms. The Labute approximate surface area is 165 Å². The van der Waals surface area contributed by atoms with Crippen molar-refractivity contribution in [2.24, 2.45) is 16.7 Å². The fourth-order valence-corrected chi connectivity index (χ4v) is 3.92. The molecule has 0 spiro atoms. The molecule has 1 N–H and O–H groups in total. The third kappa shape index (κ3) is 4.26. The van der Waals surface area contributed by atoms with Crippen LogP contribution < -0.4 is 5.32 Å². The van der Waals surface area contributed by atoms with E-state index in [1.807, 2.05) is 0 Å². The zero-order valence-electron chi connectivity index (χ0n) is 17.4. The van der Waals surface area contributed by atoms with Gasteiger partial charge < -0.3 is 0 Å². The van der Waals surface area contributed by atoms with Crippen LogP contribution in [0.4, 0.5) is 5.69 Å². The molecule has 1 aliphatic carbocycles. The normalized spacial score (nSPS) is 22.0. The van der Waals surface area contributed by atoms with Crippen LogP contribution in [0.25, 0.3) is 11.0 Å². The van der Waals surface area contributed by atoms with Crippen molar-refractivity contribution in [1.29, 1.82) is 0 Å². The fraction of sp³-hybridized carbons (Fsp3) is 0.400. The van der Waals surface area contributed by atoms with Gasteiger partial charge in [-0.3, -0.25) is 0 Å². The molecule has 2 unspecified atom stereocenters. The quantitative estimate of drug-likeness (QED) is 0.525.